The topological polar surface area (TPSA) is 106 Å². The van der Waals surface area contributed by atoms with E-state index in [2.05, 4.69) is 15.1 Å². The maximum Gasteiger partial charge on any atom is 0.246 e. The Bertz CT molecular complexity index is 1030. The summed E-state index contributed by atoms with van der Waals surface area (Å²) >= 11 is 0. The molecule has 8 nitrogen and oxygen atoms in total. The Labute approximate surface area is 156 Å². The Kier molecular flexibility index (Phi) is 5.31. The molecule has 0 aliphatic rings. The molecule has 0 saturated heterocycles. The third-order valence-corrected chi connectivity index (χ3v) is 5.04. The van der Waals surface area contributed by atoms with E-state index in [9.17, 15) is 13.2 Å². The summed E-state index contributed by atoms with van der Waals surface area (Å²) in [6.07, 6.45) is 4.56. The van der Waals surface area contributed by atoms with E-state index in [0.717, 1.165) is 17.4 Å². The summed E-state index contributed by atoms with van der Waals surface area (Å²) in [5.41, 5.74) is 1.50. The second kappa shape index (κ2) is 7.67. The van der Waals surface area contributed by atoms with Crippen LogP contribution in [-0.2, 0) is 27.6 Å². The zero-order valence-corrected chi connectivity index (χ0v) is 15.7. The van der Waals surface area contributed by atoms with Crippen LogP contribution in [0.1, 0.15) is 11.5 Å². The summed E-state index contributed by atoms with van der Waals surface area (Å²) in [7, 11) is -1.61. The van der Waals surface area contributed by atoms with Gasteiger partial charge < -0.3 is 9.42 Å². The highest BCUT2D eigenvalue weighted by atomic mass is 32.2. The molecule has 3 aromatic rings. The van der Waals surface area contributed by atoms with Gasteiger partial charge in [0.1, 0.15) is 0 Å². The van der Waals surface area contributed by atoms with Gasteiger partial charge >= 0.3 is 0 Å². The number of pyridine rings is 1. The van der Waals surface area contributed by atoms with Crippen LogP contribution < -0.4 is 0 Å². The fourth-order valence-electron chi connectivity index (χ4n) is 2.39. The number of nitrogens with zero attached hydrogens (tertiary/aromatic N) is 4. The maximum atomic E-state index is 12.4. The fourth-order valence-corrected chi connectivity index (χ4v) is 3.02. The number of aromatic nitrogens is 3. The number of hydrogen-bond donors (Lipinski definition) is 0. The van der Waals surface area contributed by atoms with Crippen molar-refractivity contribution in [2.24, 2.45) is 0 Å². The molecule has 0 radical (unpaired) electrons. The molecule has 9 heteroatoms. The van der Waals surface area contributed by atoms with Crippen LogP contribution in [0.5, 0.6) is 0 Å². The van der Waals surface area contributed by atoms with Crippen molar-refractivity contribution in [3.63, 3.8) is 0 Å². The van der Waals surface area contributed by atoms with Gasteiger partial charge in [0, 0.05) is 31.3 Å². The quantitative estimate of drug-likeness (QED) is 0.635. The lowest BCUT2D eigenvalue weighted by molar-refractivity contribution is -0.130. The first kappa shape index (κ1) is 18.7. The molecule has 1 amide bonds. The standard InChI is InChI=1S/C18H18N4O4S/c1-22(12-16-20-18(21-26-16)14-7-9-19-10-8-14)17(23)11-13-3-5-15(6-4-13)27(2,24)25/h3-10H,11-12H2,1-2H3. The van der Waals surface area contributed by atoms with Crippen molar-refractivity contribution in [1.29, 1.82) is 0 Å². The van der Waals surface area contributed by atoms with E-state index in [1.165, 1.54) is 17.0 Å². The molecule has 27 heavy (non-hydrogen) atoms. The third kappa shape index (κ3) is 4.76. The summed E-state index contributed by atoms with van der Waals surface area (Å²) in [4.78, 5) is 22.3. The van der Waals surface area contributed by atoms with Crippen LogP contribution in [0.2, 0.25) is 0 Å². The normalized spacial score (nSPS) is 11.3. The number of rotatable bonds is 6. The van der Waals surface area contributed by atoms with Gasteiger partial charge in [-0.2, -0.15) is 4.98 Å². The largest absolute Gasteiger partial charge is 0.337 e. The number of hydrogen-bond acceptors (Lipinski definition) is 7. The average molecular weight is 386 g/mol. The van der Waals surface area contributed by atoms with Crippen molar-refractivity contribution in [3.8, 4) is 11.4 Å². The smallest absolute Gasteiger partial charge is 0.246 e. The molecule has 140 valence electrons. The molecule has 2 heterocycles. The number of carbonyl (C=O) groups is 1. The number of carbonyl (C=O) groups excluding carboxylic acids is 1. The zero-order valence-electron chi connectivity index (χ0n) is 14.9. The van der Waals surface area contributed by atoms with E-state index in [0.29, 0.717) is 11.7 Å². The second-order valence-corrected chi connectivity index (χ2v) is 8.11. The summed E-state index contributed by atoms with van der Waals surface area (Å²) in [6, 6.07) is 9.80. The highest BCUT2D eigenvalue weighted by molar-refractivity contribution is 7.90. The van der Waals surface area contributed by atoms with Gasteiger partial charge in [0.25, 0.3) is 0 Å². The van der Waals surface area contributed by atoms with Crippen LogP contribution in [0, 0.1) is 0 Å². The molecule has 0 N–H and O–H groups in total. The Hall–Kier alpha value is -3.07. The summed E-state index contributed by atoms with van der Waals surface area (Å²) in [5, 5.41) is 3.91. The lowest BCUT2D eigenvalue weighted by Gasteiger charge is -2.14. The van der Waals surface area contributed by atoms with E-state index in [4.69, 9.17) is 4.52 Å². The lowest BCUT2D eigenvalue weighted by atomic mass is 10.1. The third-order valence-electron chi connectivity index (χ3n) is 3.91. The number of sulfone groups is 1. The molecular formula is C18H18N4O4S. The SMILES string of the molecule is CN(Cc1nc(-c2ccncc2)no1)C(=O)Cc1ccc(S(C)(=O)=O)cc1. The minimum atomic E-state index is -3.25. The van der Waals surface area contributed by atoms with Crippen molar-refractivity contribution in [1.82, 2.24) is 20.0 Å². The fraction of sp³-hybridized carbons (Fsp3) is 0.222. The molecule has 2 aromatic heterocycles. The van der Waals surface area contributed by atoms with Crippen molar-refractivity contribution >= 4 is 15.7 Å². The Morgan fingerprint density at radius 2 is 1.78 bits per heavy atom. The molecule has 0 fully saturated rings. The van der Waals surface area contributed by atoms with Crippen molar-refractivity contribution in [2.45, 2.75) is 17.9 Å². The van der Waals surface area contributed by atoms with Gasteiger partial charge in [-0.3, -0.25) is 9.78 Å². The molecule has 1 aromatic carbocycles. The first-order valence-corrected chi connectivity index (χ1v) is 9.98. The minimum absolute atomic E-state index is 0.145. The monoisotopic (exact) mass is 386 g/mol. The molecule has 0 unspecified atom stereocenters. The Morgan fingerprint density at radius 1 is 1.11 bits per heavy atom. The number of benzene rings is 1. The highest BCUT2D eigenvalue weighted by Crippen LogP contribution is 2.15. The average Bonchev–Trinajstić information content (AvgIpc) is 3.10. The molecule has 0 atom stereocenters. The summed E-state index contributed by atoms with van der Waals surface area (Å²) in [6.45, 7) is 0.179. The van der Waals surface area contributed by atoms with E-state index in [1.807, 2.05) is 0 Å². The van der Waals surface area contributed by atoms with Gasteiger partial charge in [-0.1, -0.05) is 17.3 Å². The van der Waals surface area contributed by atoms with E-state index < -0.39 is 9.84 Å². The van der Waals surface area contributed by atoms with E-state index >= 15 is 0 Å². The molecule has 0 bridgehead atoms. The Balaban J connectivity index is 1.62. The van der Waals surface area contributed by atoms with Crippen LogP contribution >= 0.6 is 0 Å². The van der Waals surface area contributed by atoms with E-state index in [1.54, 1.807) is 43.7 Å². The lowest BCUT2D eigenvalue weighted by Crippen LogP contribution is -2.27. The summed E-state index contributed by atoms with van der Waals surface area (Å²) in [5.74, 6) is 0.612. The molecular weight excluding hydrogens is 368 g/mol. The van der Waals surface area contributed by atoms with Gasteiger partial charge in [0.15, 0.2) is 9.84 Å². The summed E-state index contributed by atoms with van der Waals surface area (Å²) < 4.78 is 28.2. The van der Waals surface area contributed by atoms with E-state index in [-0.39, 0.29) is 23.8 Å². The predicted molar refractivity (Wildman–Crippen MR) is 97.3 cm³/mol. The second-order valence-electron chi connectivity index (χ2n) is 6.09. The number of amides is 1. The maximum absolute atomic E-state index is 12.4. The van der Waals surface area contributed by atoms with Crippen LogP contribution in [0.3, 0.4) is 0 Å². The number of likely N-dealkylation sites (N-methyl/N-ethyl adjacent to an activating group) is 1. The van der Waals surface area contributed by atoms with Crippen LogP contribution in [-0.4, -0.2) is 47.7 Å². The van der Waals surface area contributed by atoms with Gasteiger partial charge in [-0.15, -0.1) is 0 Å². The van der Waals surface area contributed by atoms with Gasteiger partial charge in [0.05, 0.1) is 17.9 Å². The minimum Gasteiger partial charge on any atom is -0.337 e. The molecule has 0 saturated carbocycles. The molecule has 3 rings (SSSR count). The van der Waals surface area contributed by atoms with Crippen molar-refractivity contribution in [2.75, 3.05) is 13.3 Å². The van der Waals surface area contributed by atoms with Gasteiger partial charge in [-0.05, 0) is 29.8 Å². The first-order chi connectivity index (χ1) is 12.8. The Morgan fingerprint density at radius 3 is 2.41 bits per heavy atom. The zero-order chi connectivity index (χ0) is 19.4. The van der Waals surface area contributed by atoms with Crippen molar-refractivity contribution in [3.05, 3.63) is 60.2 Å². The first-order valence-electron chi connectivity index (χ1n) is 8.09. The van der Waals surface area contributed by atoms with Gasteiger partial charge in [-0.25, -0.2) is 8.42 Å². The molecule has 0 spiro atoms. The predicted octanol–water partition coefficient (Wildman–Crippen LogP) is 1.74. The van der Waals surface area contributed by atoms with Crippen LogP contribution in [0.15, 0.2) is 58.2 Å². The molecule has 0 aliphatic carbocycles. The molecule has 0 aliphatic heterocycles. The van der Waals surface area contributed by atoms with Crippen LogP contribution in [0.25, 0.3) is 11.4 Å². The highest BCUT2D eigenvalue weighted by Gasteiger charge is 2.15. The van der Waals surface area contributed by atoms with Crippen molar-refractivity contribution < 1.29 is 17.7 Å². The van der Waals surface area contributed by atoms with Gasteiger partial charge in [0.2, 0.25) is 17.6 Å². The van der Waals surface area contributed by atoms with Crippen LogP contribution in [0.4, 0.5) is 0 Å².